The number of piperidine rings is 1. The summed E-state index contributed by atoms with van der Waals surface area (Å²) in [6.07, 6.45) is 7.10. The molecule has 1 aromatic carbocycles. The molecule has 0 radical (unpaired) electrons. The van der Waals surface area contributed by atoms with Crippen LogP contribution in [-0.2, 0) is 11.3 Å². The number of aryl methyl sites for hydroxylation is 1. The molecular weight excluding hydrogens is 352 g/mol. The van der Waals surface area contributed by atoms with Crippen molar-refractivity contribution in [3.8, 4) is 0 Å². The summed E-state index contributed by atoms with van der Waals surface area (Å²) in [4.78, 5) is 29.3. The van der Waals surface area contributed by atoms with Gasteiger partial charge in [0, 0.05) is 55.5 Å². The molecule has 4 rings (SSSR count). The number of nitrogens with zero attached hydrogens (tertiary/aromatic N) is 3. The number of aromatic nitrogens is 1. The van der Waals surface area contributed by atoms with Crippen LogP contribution in [0.15, 0.2) is 30.5 Å². The summed E-state index contributed by atoms with van der Waals surface area (Å²) in [6, 6.07) is 8.29. The van der Waals surface area contributed by atoms with E-state index in [1.54, 1.807) is 0 Å². The lowest BCUT2D eigenvalue weighted by Gasteiger charge is -2.34. The van der Waals surface area contributed by atoms with Gasteiger partial charge in [-0.1, -0.05) is 6.92 Å². The number of urea groups is 1. The van der Waals surface area contributed by atoms with Crippen LogP contribution in [0.3, 0.4) is 0 Å². The zero-order chi connectivity index (χ0) is 19.5. The summed E-state index contributed by atoms with van der Waals surface area (Å²) in [5, 5.41) is 4.21. The highest BCUT2D eigenvalue weighted by Crippen LogP contribution is 2.24. The van der Waals surface area contributed by atoms with Crippen molar-refractivity contribution < 1.29 is 9.59 Å². The SMILES string of the molecule is CCCn1ccc2cc(NC(=O)[C@@H]3CCCN(C(=O)N4CCCC4)C3)ccc21. The highest BCUT2D eigenvalue weighted by atomic mass is 16.2. The largest absolute Gasteiger partial charge is 0.347 e. The Labute approximate surface area is 166 Å². The molecule has 1 atom stereocenters. The summed E-state index contributed by atoms with van der Waals surface area (Å²) in [5.74, 6) is -0.119. The smallest absolute Gasteiger partial charge is 0.320 e. The van der Waals surface area contributed by atoms with Gasteiger partial charge < -0.3 is 19.7 Å². The molecule has 6 heteroatoms. The fourth-order valence-electron chi connectivity index (χ4n) is 4.43. The number of nitrogens with one attached hydrogen (secondary N) is 1. The molecule has 0 spiro atoms. The quantitative estimate of drug-likeness (QED) is 0.871. The highest BCUT2D eigenvalue weighted by molar-refractivity contribution is 5.95. The van der Waals surface area contributed by atoms with Gasteiger partial charge in [0.25, 0.3) is 0 Å². The zero-order valence-electron chi connectivity index (χ0n) is 16.7. The van der Waals surface area contributed by atoms with Crippen molar-refractivity contribution in [3.05, 3.63) is 30.5 Å². The van der Waals surface area contributed by atoms with Crippen LogP contribution in [0, 0.1) is 5.92 Å². The van der Waals surface area contributed by atoms with Crippen LogP contribution >= 0.6 is 0 Å². The molecule has 2 aliphatic rings. The van der Waals surface area contributed by atoms with Crippen molar-refractivity contribution in [1.82, 2.24) is 14.4 Å². The molecule has 1 N–H and O–H groups in total. The predicted molar refractivity (Wildman–Crippen MR) is 111 cm³/mol. The second-order valence-corrected chi connectivity index (χ2v) is 8.03. The molecule has 3 amide bonds. The Morgan fingerprint density at radius 2 is 1.86 bits per heavy atom. The van der Waals surface area contributed by atoms with E-state index in [2.05, 4.69) is 35.1 Å². The zero-order valence-corrected chi connectivity index (χ0v) is 16.7. The predicted octanol–water partition coefficient (Wildman–Crippen LogP) is 3.92. The Balaban J connectivity index is 1.40. The summed E-state index contributed by atoms with van der Waals surface area (Å²) >= 11 is 0. The third kappa shape index (κ3) is 3.86. The van der Waals surface area contributed by atoms with Crippen LogP contribution in [0.4, 0.5) is 10.5 Å². The van der Waals surface area contributed by atoms with Crippen LogP contribution in [0.25, 0.3) is 10.9 Å². The number of carbonyl (C=O) groups excluding carboxylic acids is 2. The van der Waals surface area contributed by atoms with Crippen molar-refractivity contribution in [1.29, 1.82) is 0 Å². The molecule has 3 heterocycles. The van der Waals surface area contributed by atoms with Gasteiger partial charge >= 0.3 is 6.03 Å². The van der Waals surface area contributed by atoms with E-state index in [0.29, 0.717) is 6.54 Å². The van der Waals surface area contributed by atoms with Crippen LogP contribution in [0.1, 0.15) is 39.0 Å². The molecule has 2 saturated heterocycles. The van der Waals surface area contributed by atoms with E-state index in [1.807, 2.05) is 21.9 Å². The van der Waals surface area contributed by atoms with Crippen molar-refractivity contribution in [2.24, 2.45) is 5.92 Å². The number of hydrogen-bond donors (Lipinski definition) is 1. The van der Waals surface area contributed by atoms with Gasteiger partial charge in [-0.25, -0.2) is 4.79 Å². The lowest BCUT2D eigenvalue weighted by Crippen LogP contribution is -2.48. The maximum atomic E-state index is 12.8. The number of amides is 3. The van der Waals surface area contributed by atoms with Gasteiger partial charge in [-0.3, -0.25) is 4.79 Å². The van der Waals surface area contributed by atoms with E-state index in [1.165, 1.54) is 5.52 Å². The molecule has 150 valence electrons. The van der Waals surface area contributed by atoms with E-state index in [4.69, 9.17) is 0 Å². The average Bonchev–Trinajstić information content (AvgIpc) is 3.38. The molecule has 0 bridgehead atoms. The highest BCUT2D eigenvalue weighted by Gasteiger charge is 2.31. The molecule has 6 nitrogen and oxygen atoms in total. The number of rotatable bonds is 4. The summed E-state index contributed by atoms with van der Waals surface area (Å²) in [7, 11) is 0. The van der Waals surface area contributed by atoms with Crippen LogP contribution in [-0.4, -0.2) is 52.5 Å². The maximum Gasteiger partial charge on any atom is 0.320 e. The minimum Gasteiger partial charge on any atom is -0.347 e. The third-order valence-corrected chi connectivity index (χ3v) is 5.94. The van der Waals surface area contributed by atoms with Crippen molar-refractivity contribution in [2.75, 3.05) is 31.5 Å². The maximum absolute atomic E-state index is 12.8. The fraction of sp³-hybridized carbons (Fsp3) is 0.545. The number of benzene rings is 1. The fourth-order valence-corrected chi connectivity index (χ4v) is 4.43. The molecular formula is C22H30N4O2. The van der Waals surface area contributed by atoms with Gasteiger partial charge in [-0.2, -0.15) is 0 Å². The van der Waals surface area contributed by atoms with Gasteiger partial charge in [0.15, 0.2) is 0 Å². The Morgan fingerprint density at radius 1 is 1.07 bits per heavy atom. The molecule has 28 heavy (non-hydrogen) atoms. The Morgan fingerprint density at radius 3 is 2.64 bits per heavy atom. The van der Waals surface area contributed by atoms with Crippen molar-refractivity contribution >= 4 is 28.5 Å². The minimum atomic E-state index is -0.138. The van der Waals surface area contributed by atoms with E-state index in [9.17, 15) is 9.59 Å². The first-order chi connectivity index (χ1) is 13.7. The monoisotopic (exact) mass is 382 g/mol. The normalized spacial score (nSPS) is 20.0. The van der Waals surface area contributed by atoms with E-state index < -0.39 is 0 Å². The lowest BCUT2D eigenvalue weighted by molar-refractivity contribution is -0.121. The lowest BCUT2D eigenvalue weighted by atomic mass is 9.97. The first kappa shape index (κ1) is 18.8. The minimum absolute atomic E-state index is 0.0197. The van der Waals surface area contributed by atoms with E-state index >= 15 is 0 Å². The number of fused-ring (bicyclic) bond motifs is 1. The summed E-state index contributed by atoms with van der Waals surface area (Å²) in [6.45, 7) is 6.15. The first-order valence-electron chi connectivity index (χ1n) is 10.6. The average molecular weight is 383 g/mol. The molecule has 0 aliphatic carbocycles. The van der Waals surface area contributed by atoms with Crippen molar-refractivity contribution in [3.63, 3.8) is 0 Å². The molecule has 1 aromatic heterocycles. The van der Waals surface area contributed by atoms with Crippen LogP contribution in [0.2, 0.25) is 0 Å². The Kier molecular flexibility index (Phi) is 5.55. The molecule has 2 aromatic rings. The summed E-state index contributed by atoms with van der Waals surface area (Å²) in [5.41, 5.74) is 2.02. The summed E-state index contributed by atoms with van der Waals surface area (Å²) < 4.78 is 2.24. The first-order valence-corrected chi connectivity index (χ1v) is 10.6. The molecule has 0 unspecified atom stereocenters. The van der Waals surface area contributed by atoms with Gasteiger partial charge in [0.2, 0.25) is 5.91 Å². The van der Waals surface area contributed by atoms with Crippen LogP contribution in [0.5, 0.6) is 0 Å². The standard InChI is InChI=1S/C22H30N4O2/c1-2-10-24-14-9-17-15-19(7-8-20(17)24)23-21(27)18-6-5-13-26(16-18)22(28)25-11-3-4-12-25/h7-9,14-15,18H,2-6,10-13,16H2,1H3,(H,23,27)/t18-/m1/s1. The topological polar surface area (TPSA) is 57.6 Å². The second-order valence-electron chi connectivity index (χ2n) is 8.03. The van der Waals surface area contributed by atoms with Crippen molar-refractivity contribution in [2.45, 2.75) is 45.6 Å². The Hall–Kier alpha value is -2.50. The van der Waals surface area contributed by atoms with Gasteiger partial charge in [0.05, 0.1) is 5.92 Å². The molecule has 0 saturated carbocycles. The third-order valence-electron chi connectivity index (χ3n) is 5.94. The van der Waals surface area contributed by atoms with Gasteiger partial charge in [0.1, 0.15) is 0 Å². The van der Waals surface area contributed by atoms with Gasteiger partial charge in [-0.05, 0) is 56.4 Å². The number of anilines is 1. The van der Waals surface area contributed by atoms with E-state index in [0.717, 1.165) is 69.4 Å². The molecule has 2 fully saturated rings. The number of likely N-dealkylation sites (tertiary alicyclic amines) is 2. The Bertz CT molecular complexity index is 853. The van der Waals surface area contributed by atoms with Crippen LogP contribution < -0.4 is 5.32 Å². The second kappa shape index (κ2) is 8.25. The van der Waals surface area contributed by atoms with Gasteiger partial charge in [-0.15, -0.1) is 0 Å². The number of hydrogen-bond acceptors (Lipinski definition) is 2. The number of carbonyl (C=O) groups is 2. The van der Waals surface area contributed by atoms with E-state index in [-0.39, 0.29) is 17.9 Å². The molecule has 2 aliphatic heterocycles.